The third-order valence-corrected chi connectivity index (χ3v) is 5.70. The summed E-state index contributed by atoms with van der Waals surface area (Å²) in [5.74, 6) is -0.462. The van der Waals surface area contributed by atoms with Crippen LogP contribution in [0.2, 0.25) is 10.0 Å². The highest BCUT2D eigenvalue weighted by molar-refractivity contribution is 6.41. The molecule has 1 fully saturated rings. The van der Waals surface area contributed by atoms with Crippen LogP contribution in [0.3, 0.4) is 0 Å². The molecule has 0 bridgehead atoms. The Morgan fingerprint density at radius 1 is 1.00 bits per heavy atom. The van der Waals surface area contributed by atoms with Crippen LogP contribution < -0.4 is 0 Å². The molecular formula is C20H25Cl2N3O2. The number of hydrogen-bond donors (Lipinski definition) is 0. The summed E-state index contributed by atoms with van der Waals surface area (Å²) in [6, 6.07) is 5.05. The van der Waals surface area contributed by atoms with E-state index in [0.29, 0.717) is 46.5 Å². The molecule has 0 aliphatic carbocycles. The number of amides is 2. The fourth-order valence-corrected chi connectivity index (χ4v) is 4.05. The second kappa shape index (κ2) is 8.63. The number of hydrogen-bond acceptors (Lipinski definition) is 4. The zero-order chi connectivity index (χ0) is 19.6. The third kappa shape index (κ3) is 4.15. The molecule has 2 aliphatic rings. The first-order valence-corrected chi connectivity index (χ1v) is 10.2. The van der Waals surface area contributed by atoms with Gasteiger partial charge in [-0.2, -0.15) is 0 Å². The standard InChI is InChI=1S/C20H25Cl2N3O2/c1-3-4-5-8-25-19(26)17(15-7-6-14(21)13-16(15)22)18(20(25)27)24-11-9-23(2)10-12-24/h6-7,13H,3-5,8-12H2,1-2H3. The molecule has 2 aliphatic heterocycles. The highest BCUT2D eigenvalue weighted by Crippen LogP contribution is 2.36. The van der Waals surface area contributed by atoms with E-state index < -0.39 is 0 Å². The quantitative estimate of drug-likeness (QED) is 0.532. The van der Waals surface area contributed by atoms with Crippen molar-refractivity contribution in [3.05, 3.63) is 39.5 Å². The first kappa shape index (κ1) is 20.2. The van der Waals surface area contributed by atoms with E-state index in [0.717, 1.165) is 32.4 Å². The van der Waals surface area contributed by atoms with E-state index in [2.05, 4.69) is 18.9 Å². The lowest BCUT2D eigenvalue weighted by Crippen LogP contribution is -2.46. The Hall–Kier alpha value is -1.56. The van der Waals surface area contributed by atoms with E-state index in [1.54, 1.807) is 18.2 Å². The summed E-state index contributed by atoms with van der Waals surface area (Å²) in [6.07, 6.45) is 2.83. The molecular weight excluding hydrogens is 385 g/mol. The Balaban J connectivity index is 2.00. The molecule has 0 radical (unpaired) electrons. The molecule has 0 saturated carbocycles. The van der Waals surface area contributed by atoms with Crippen LogP contribution in [0.1, 0.15) is 31.7 Å². The smallest absolute Gasteiger partial charge is 0.277 e. The monoisotopic (exact) mass is 409 g/mol. The molecule has 7 heteroatoms. The van der Waals surface area contributed by atoms with E-state index in [1.807, 2.05) is 4.90 Å². The maximum atomic E-state index is 13.2. The molecule has 2 heterocycles. The van der Waals surface area contributed by atoms with Crippen molar-refractivity contribution < 1.29 is 9.59 Å². The summed E-state index contributed by atoms with van der Waals surface area (Å²) in [5, 5.41) is 0.891. The molecule has 0 aromatic heterocycles. The minimum absolute atomic E-state index is 0.207. The van der Waals surface area contributed by atoms with E-state index in [4.69, 9.17) is 23.2 Å². The predicted octanol–water partition coefficient (Wildman–Crippen LogP) is 3.51. The summed E-state index contributed by atoms with van der Waals surface area (Å²) < 4.78 is 0. The van der Waals surface area contributed by atoms with Gasteiger partial charge in [0.1, 0.15) is 5.70 Å². The van der Waals surface area contributed by atoms with Gasteiger partial charge in [-0.25, -0.2) is 0 Å². The molecule has 1 aromatic carbocycles. The number of piperazine rings is 1. The number of likely N-dealkylation sites (N-methyl/N-ethyl adjacent to an activating group) is 1. The summed E-state index contributed by atoms with van der Waals surface area (Å²) in [6.45, 7) is 5.66. The Labute approximate surface area is 170 Å². The minimum Gasteiger partial charge on any atom is -0.364 e. The third-order valence-electron chi connectivity index (χ3n) is 5.15. The van der Waals surface area contributed by atoms with Crippen molar-refractivity contribution in [1.82, 2.24) is 14.7 Å². The minimum atomic E-state index is -0.255. The number of halogens is 2. The topological polar surface area (TPSA) is 43.9 Å². The zero-order valence-electron chi connectivity index (χ0n) is 15.8. The van der Waals surface area contributed by atoms with E-state index in [1.165, 1.54) is 4.90 Å². The van der Waals surface area contributed by atoms with Gasteiger partial charge in [0.25, 0.3) is 11.8 Å². The summed E-state index contributed by atoms with van der Waals surface area (Å²) >= 11 is 12.4. The number of imide groups is 1. The van der Waals surface area contributed by atoms with Crippen molar-refractivity contribution in [1.29, 1.82) is 0 Å². The molecule has 0 atom stereocenters. The van der Waals surface area contributed by atoms with Crippen LogP contribution in [0.15, 0.2) is 23.9 Å². The maximum absolute atomic E-state index is 13.2. The Bertz CT molecular complexity index is 770. The lowest BCUT2D eigenvalue weighted by atomic mass is 10.0. The normalized spacial score (nSPS) is 18.8. The van der Waals surface area contributed by atoms with Crippen LogP contribution in [-0.4, -0.2) is 66.3 Å². The fraction of sp³-hybridized carbons (Fsp3) is 0.500. The Morgan fingerprint density at radius 2 is 1.70 bits per heavy atom. The lowest BCUT2D eigenvalue weighted by molar-refractivity contribution is -0.137. The molecule has 0 unspecified atom stereocenters. The highest BCUT2D eigenvalue weighted by atomic mass is 35.5. The average molecular weight is 410 g/mol. The molecule has 0 N–H and O–H groups in total. The molecule has 2 amide bonds. The molecule has 0 spiro atoms. The van der Waals surface area contributed by atoms with Gasteiger partial charge in [-0.1, -0.05) is 49.0 Å². The number of carbonyl (C=O) groups excluding carboxylic acids is 2. The van der Waals surface area contributed by atoms with E-state index in [-0.39, 0.29) is 11.8 Å². The predicted molar refractivity (Wildman–Crippen MR) is 109 cm³/mol. The summed E-state index contributed by atoms with van der Waals surface area (Å²) in [4.78, 5) is 32.0. The van der Waals surface area contributed by atoms with Crippen LogP contribution in [0.5, 0.6) is 0 Å². The first-order chi connectivity index (χ1) is 12.9. The molecule has 1 aromatic rings. The largest absolute Gasteiger partial charge is 0.364 e. The SMILES string of the molecule is CCCCCN1C(=O)C(c2ccc(Cl)cc2Cl)=C(N2CCN(C)CC2)C1=O. The van der Waals surface area contributed by atoms with Gasteiger partial charge in [-0.05, 0) is 25.6 Å². The van der Waals surface area contributed by atoms with Crippen LogP contribution in [-0.2, 0) is 9.59 Å². The number of nitrogens with zero attached hydrogens (tertiary/aromatic N) is 3. The van der Waals surface area contributed by atoms with Crippen molar-refractivity contribution in [2.75, 3.05) is 39.8 Å². The van der Waals surface area contributed by atoms with E-state index >= 15 is 0 Å². The van der Waals surface area contributed by atoms with Crippen LogP contribution >= 0.6 is 23.2 Å². The van der Waals surface area contributed by atoms with Crippen LogP contribution in [0.25, 0.3) is 5.57 Å². The van der Waals surface area contributed by atoms with Crippen molar-refractivity contribution in [2.24, 2.45) is 0 Å². The lowest BCUT2D eigenvalue weighted by Gasteiger charge is -2.34. The van der Waals surface area contributed by atoms with Gasteiger partial charge in [0.2, 0.25) is 0 Å². The van der Waals surface area contributed by atoms with Crippen molar-refractivity contribution in [3.8, 4) is 0 Å². The summed E-state index contributed by atoms with van der Waals surface area (Å²) in [7, 11) is 2.06. The fourth-order valence-electron chi connectivity index (χ4n) is 3.54. The molecule has 27 heavy (non-hydrogen) atoms. The van der Waals surface area contributed by atoms with Crippen molar-refractivity contribution in [2.45, 2.75) is 26.2 Å². The molecule has 146 valence electrons. The van der Waals surface area contributed by atoms with Gasteiger partial charge >= 0.3 is 0 Å². The molecule has 5 nitrogen and oxygen atoms in total. The zero-order valence-corrected chi connectivity index (χ0v) is 17.3. The second-order valence-electron chi connectivity index (χ2n) is 7.11. The van der Waals surface area contributed by atoms with Gasteiger partial charge in [0, 0.05) is 43.3 Å². The van der Waals surface area contributed by atoms with Gasteiger partial charge in [0.15, 0.2) is 0 Å². The number of rotatable bonds is 6. The van der Waals surface area contributed by atoms with Gasteiger partial charge in [-0.3, -0.25) is 14.5 Å². The van der Waals surface area contributed by atoms with Gasteiger partial charge in [-0.15, -0.1) is 0 Å². The summed E-state index contributed by atoms with van der Waals surface area (Å²) in [5.41, 5.74) is 1.46. The molecule has 3 rings (SSSR count). The first-order valence-electron chi connectivity index (χ1n) is 9.43. The number of benzene rings is 1. The van der Waals surface area contributed by atoms with Crippen LogP contribution in [0, 0.1) is 0 Å². The average Bonchev–Trinajstić information content (AvgIpc) is 2.87. The number of unbranched alkanes of at least 4 members (excludes halogenated alkanes) is 2. The maximum Gasteiger partial charge on any atom is 0.277 e. The van der Waals surface area contributed by atoms with Gasteiger partial charge < -0.3 is 9.80 Å². The van der Waals surface area contributed by atoms with Crippen molar-refractivity contribution in [3.63, 3.8) is 0 Å². The Kier molecular flexibility index (Phi) is 6.45. The van der Waals surface area contributed by atoms with Gasteiger partial charge in [0.05, 0.1) is 10.6 Å². The van der Waals surface area contributed by atoms with Crippen molar-refractivity contribution >= 4 is 40.6 Å². The highest BCUT2D eigenvalue weighted by Gasteiger charge is 2.42. The molecule has 1 saturated heterocycles. The Morgan fingerprint density at radius 3 is 2.33 bits per heavy atom. The number of carbonyl (C=O) groups is 2. The van der Waals surface area contributed by atoms with E-state index in [9.17, 15) is 9.59 Å². The van der Waals surface area contributed by atoms with Crippen LogP contribution in [0.4, 0.5) is 0 Å². The second-order valence-corrected chi connectivity index (χ2v) is 7.95.